The van der Waals surface area contributed by atoms with E-state index in [1.165, 1.54) is 0 Å². The lowest BCUT2D eigenvalue weighted by molar-refractivity contribution is -0.140. The van der Waals surface area contributed by atoms with E-state index < -0.39 is 17.7 Å². The molecule has 2 aromatic rings. The predicted octanol–water partition coefficient (Wildman–Crippen LogP) is 4.24. The molecule has 1 unspecified atom stereocenters. The number of carbonyl (C=O) groups excluding carboxylic acids is 2. The van der Waals surface area contributed by atoms with Gasteiger partial charge in [0.25, 0.3) is 11.7 Å². The molecule has 1 heterocycles. The summed E-state index contributed by atoms with van der Waals surface area (Å²) in [6.07, 6.45) is 0.863. The highest BCUT2D eigenvalue weighted by molar-refractivity contribution is 6.46. The van der Waals surface area contributed by atoms with Crippen molar-refractivity contribution in [1.29, 1.82) is 0 Å². The highest BCUT2D eigenvalue weighted by Gasteiger charge is 2.45. The van der Waals surface area contributed by atoms with Crippen molar-refractivity contribution >= 4 is 17.4 Å². The zero-order valence-corrected chi connectivity index (χ0v) is 19.1. The van der Waals surface area contributed by atoms with Gasteiger partial charge in [0.05, 0.1) is 18.2 Å². The van der Waals surface area contributed by atoms with Crippen LogP contribution < -0.4 is 4.74 Å². The van der Waals surface area contributed by atoms with Crippen LogP contribution in [-0.4, -0.2) is 59.4 Å². The molecule has 32 heavy (non-hydrogen) atoms. The van der Waals surface area contributed by atoms with Crippen LogP contribution in [-0.2, 0) is 9.59 Å². The topological polar surface area (TPSA) is 70.1 Å². The number of aliphatic hydroxyl groups is 1. The second kappa shape index (κ2) is 11.0. The van der Waals surface area contributed by atoms with E-state index in [0.717, 1.165) is 25.1 Å². The van der Waals surface area contributed by atoms with Gasteiger partial charge in [0.15, 0.2) is 0 Å². The number of rotatable bonds is 10. The summed E-state index contributed by atoms with van der Waals surface area (Å²) >= 11 is 0. The van der Waals surface area contributed by atoms with Crippen molar-refractivity contribution < 1.29 is 19.4 Å². The summed E-state index contributed by atoms with van der Waals surface area (Å²) in [4.78, 5) is 29.9. The summed E-state index contributed by atoms with van der Waals surface area (Å²) in [6, 6.07) is 15.8. The van der Waals surface area contributed by atoms with Crippen LogP contribution in [0.1, 0.15) is 44.4 Å². The van der Waals surface area contributed by atoms with E-state index in [1.807, 2.05) is 43.3 Å². The number of likely N-dealkylation sites (tertiary alicyclic amines) is 1. The fraction of sp³-hybridized carbons (Fsp3) is 0.385. The summed E-state index contributed by atoms with van der Waals surface area (Å²) in [5.41, 5.74) is 1.38. The summed E-state index contributed by atoms with van der Waals surface area (Å²) in [5.74, 6) is -0.797. The lowest BCUT2D eigenvalue weighted by Gasteiger charge is -2.28. The molecule has 1 amide bonds. The SMILES string of the molecule is CCCOc1cccc(/C(O)=C2\C(=O)C(=O)N(CCN(CC)CC)C2c2ccccc2)c1. The molecule has 1 N–H and O–H groups in total. The molecular weight excluding hydrogens is 404 g/mol. The van der Waals surface area contributed by atoms with E-state index in [1.54, 1.807) is 23.1 Å². The van der Waals surface area contributed by atoms with Crippen molar-refractivity contribution in [2.45, 2.75) is 33.2 Å². The molecule has 6 heteroatoms. The van der Waals surface area contributed by atoms with E-state index >= 15 is 0 Å². The van der Waals surface area contributed by atoms with Gasteiger partial charge in [-0.25, -0.2) is 0 Å². The number of ether oxygens (including phenoxy) is 1. The Morgan fingerprint density at radius 2 is 1.75 bits per heavy atom. The normalized spacial score (nSPS) is 17.9. The quantitative estimate of drug-likeness (QED) is 0.343. The highest BCUT2D eigenvalue weighted by Crippen LogP contribution is 2.39. The number of ketones is 1. The fourth-order valence-corrected chi connectivity index (χ4v) is 3.99. The zero-order valence-electron chi connectivity index (χ0n) is 19.1. The molecule has 6 nitrogen and oxygen atoms in total. The largest absolute Gasteiger partial charge is 0.507 e. The molecule has 1 aliphatic rings. The third-order valence-corrected chi connectivity index (χ3v) is 5.79. The molecule has 0 aliphatic carbocycles. The summed E-state index contributed by atoms with van der Waals surface area (Å²) in [6.45, 7) is 9.50. The van der Waals surface area contributed by atoms with E-state index in [0.29, 0.717) is 31.0 Å². The first-order valence-electron chi connectivity index (χ1n) is 11.3. The average molecular weight is 437 g/mol. The van der Waals surface area contributed by atoms with Crippen molar-refractivity contribution in [2.75, 3.05) is 32.8 Å². The van der Waals surface area contributed by atoms with Crippen molar-refractivity contribution in [2.24, 2.45) is 0 Å². The zero-order chi connectivity index (χ0) is 23.1. The smallest absolute Gasteiger partial charge is 0.295 e. The fourth-order valence-electron chi connectivity index (χ4n) is 3.99. The van der Waals surface area contributed by atoms with Crippen molar-refractivity contribution in [3.63, 3.8) is 0 Å². The molecule has 0 bridgehead atoms. The second-order valence-electron chi connectivity index (χ2n) is 7.81. The van der Waals surface area contributed by atoms with Crippen LogP contribution in [0.15, 0.2) is 60.2 Å². The Labute approximate surface area is 190 Å². The molecule has 170 valence electrons. The third kappa shape index (κ3) is 5.02. The first-order valence-corrected chi connectivity index (χ1v) is 11.3. The first-order chi connectivity index (χ1) is 15.5. The summed E-state index contributed by atoms with van der Waals surface area (Å²) < 4.78 is 5.68. The number of benzene rings is 2. The number of nitrogens with zero attached hydrogens (tertiary/aromatic N) is 2. The van der Waals surface area contributed by atoms with Crippen molar-refractivity contribution in [3.8, 4) is 5.75 Å². The van der Waals surface area contributed by atoms with Crippen LogP contribution in [0.2, 0.25) is 0 Å². The molecular formula is C26H32N2O4. The standard InChI is InChI=1S/C26H32N2O4/c1-4-17-32-21-14-10-13-20(18-21)24(29)22-23(19-11-8-7-9-12-19)28(26(31)25(22)30)16-15-27(5-2)6-3/h7-14,18,23,29H,4-6,15-17H2,1-3H3/b24-22+. The molecule has 0 radical (unpaired) electrons. The molecule has 1 atom stereocenters. The Morgan fingerprint density at radius 1 is 1.03 bits per heavy atom. The molecule has 1 saturated heterocycles. The van der Waals surface area contributed by atoms with Crippen molar-refractivity contribution in [1.82, 2.24) is 9.80 Å². The first kappa shape index (κ1) is 23.5. The van der Waals surface area contributed by atoms with Gasteiger partial charge in [-0.3, -0.25) is 9.59 Å². The van der Waals surface area contributed by atoms with Crippen LogP contribution >= 0.6 is 0 Å². The number of hydrogen-bond acceptors (Lipinski definition) is 5. The molecule has 3 rings (SSSR count). The average Bonchev–Trinajstić information content (AvgIpc) is 3.08. The molecule has 1 aliphatic heterocycles. The maximum Gasteiger partial charge on any atom is 0.295 e. The Balaban J connectivity index is 2.04. The van der Waals surface area contributed by atoms with Crippen LogP contribution in [0.3, 0.4) is 0 Å². The molecule has 2 aromatic carbocycles. The van der Waals surface area contributed by atoms with Crippen LogP contribution in [0.25, 0.3) is 5.76 Å². The Hall–Kier alpha value is -3.12. The number of hydrogen-bond donors (Lipinski definition) is 1. The maximum atomic E-state index is 13.1. The van der Waals surface area contributed by atoms with Crippen LogP contribution in [0, 0.1) is 0 Å². The van der Waals surface area contributed by atoms with Gasteiger partial charge in [0, 0.05) is 18.7 Å². The Kier molecular flexibility index (Phi) is 8.06. The minimum Gasteiger partial charge on any atom is -0.507 e. The highest BCUT2D eigenvalue weighted by atomic mass is 16.5. The summed E-state index contributed by atoms with van der Waals surface area (Å²) in [7, 11) is 0. The lowest BCUT2D eigenvalue weighted by Crippen LogP contribution is -2.38. The molecule has 0 spiro atoms. The van der Waals surface area contributed by atoms with Gasteiger partial charge < -0.3 is 19.6 Å². The van der Waals surface area contributed by atoms with Gasteiger partial charge in [-0.05, 0) is 37.2 Å². The van der Waals surface area contributed by atoms with E-state index in [2.05, 4.69) is 18.7 Å². The van der Waals surface area contributed by atoms with Gasteiger partial charge >= 0.3 is 0 Å². The molecule has 1 fully saturated rings. The number of likely N-dealkylation sites (N-methyl/N-ethyl adjacent to an activating group) is 1. The monoisotopic (exact) mass is 436 g/mol. The van der Waals surface area contributed by atoms with E-state index in [4.69, 9.17) is 4.74 Å². The number of amides is 1. The minimum absolute atomic E-state index is 0.119. The summed E-state index contributed by atoms with van der Waals surface area (Å²) in [5, 5.41) is 11.2. The van der Waals surface area contributed by atoms with Gasteiger partial charge in [0.1, 0.15) is 11.5 Å². The minimum atomic E-state index is -0.657. The third-order valence-electron chi connectivity index (χ3n) is 5.79. The number of carbonyl (C=O) groups is 2. The van der Waals surface area contributed by atoms with Gasteiger partial charge in [-0.15, -0.1) is 0 Å². The maximum absolute atomic E-state index is 13.1. The number of aliphatic hydroxyl groups excluding tert-OH is 1. The van der Waals surface area contributed by atoms with Crippen LogP contribution in [0.4, 0.5) is 0 Å². The predicted molar refractivity (Wildman–Crippen MR) is 125 cm³/mol. The van der Waals surface area contributed by atoms with Gasteiger partial charge in [-0.2, -0.15) is 0 Å². The molecule has 0 saturated carbocycles. The number of Topliss-reactive ketones (excluding diaryl/α,β-unsaturated/α-hetero) is 1. The van der Waals surface area contributed by atoms with Gasteiger partial charge in [0.2, 0.25) is 0 Å². The van der Waals surface area contributed by atoms with Crippen LogP contribution in [0.5, 0.6) is 5.75 Å². The molecule has 0 aromatic heterocycles. The Bertz CT molecular complexity index is 967. The second-order valence-corrected chi connectivity index (χ2v) is 7.81. The van der Waals surface area contributed by atoms with Crippen molar-refractivity contribution in [3.05, 3.63) is 71.3 Å². The van der Waals surface area contributed by atoms with E-state index in [9.17, 15) is 14.7 Å². The van der Waals surface area contributed by atoms with Gasteiger partial charge in [-0.1, -0.05) is 63.2 Å². The Morgan fingerprint density at radius 3 is 2.41 bits per heavy atom. The van der Waals surface area contributed by atoms with E-state index in [-0.39, 0.29) is 11.3 Å². The lowest BCUT2D eigenvalue weighted by atomic mass is 9.95.